The van der Waals surface area contributed by atoms with E-state index in [1.54, 1.807) is 24.3 Å². The van der Waals surface area contributed by atoms with Crippen molar-refractivity contribution in [3.05, 3.63) is 29.8 Å². The fraction of sp³-hybridized carbons (Fsp3) is 0.385. The van der Waals surface area contributed by atoms with Crippen LogP contribution in [0.1, 0.15) is 37.0 Å². The highest BCUT2D eigenvalue weighted by atomic mass is 16.4. The zero-order chi connectivity index (χ0) is 13.8. The molecule has 0 heterocycles. The van der Waals surface area contributed by atoms with Gasteiger partial charge in [0.25, 0.3) is 5.91 Å². The summed E-state index contributed by atoms with van der Waals surface area (Å²) >= 11 is 0. The molecule has 98 valence electrons. The van der Waals surface area contributed by atoms with Crippen molar-refractivity contribution >= 4 is 17.6 Å². The Hall–Kier alpha value is -2.04. The van der Waals surface area contributed by atoms with Gasteiger partial charge in [-0.1, -0.05) is 13.3 Å². The Bertz CT molecular complexity index is 442. The highest BCUT2D eigenvalue weighted by Gasteiger charge is 2.33. The summed E-state index contributed by atoms with van der Waals surface area (Å²) in [6, 6.07) is 6.34. The molecule has 0 saturated heterocycles. The van der Waals surface area contributed by atoms with Crippen LogP contribution in [-0.2, 0) is 4.79 Å². The van der Waals surface area contributed by atoms with Crippen molar-refractivity contribution in [2.75, 3.05) is 5.73 Å². The molecule has 0 radical (unpaired) electrons. The fourth-order valence-electron chi connectivity index (χ4n) is 1.68. The van der Waals surface area contributed by atoms with Gasteiger partial charge < -0.3 is 16.2 Å². The number of carboxylic acids is 1. The van der Waals surface area contributed by atoms with Crippen LogP contribution >= 0.6 is 0 Å². The molecule has 0 aliphatic heterocycles. The van der Waals surface area contributed by atoms with Crippen molar-refractivity contribution in [3.8, 4) is 0 Å². The minimum atomic E-state index is -1.24. The van der Waals surface area contributed by atoms with Gasteiger partial charge in [0.2, 0.25) is 0 Å². The van der Waals surface area contributed by atoms with E-state index in [1.165, 1.54) is 6.92 Å². The maximum absolute atomic E-state index is 11.9. The second-order valence-electron chi connectivity index (χ2n) is 4.46. The summed E-state index contributed by atoms with van der Waals surface area (Å²) in [5.41, 5.74) is 5.23. The first kappa shape index (κ1) is 14.0. The second-order valence-corrected chi connectivity index (χ2v) is 4.46. The van der Waals surface area contributed by atoms with Gasteiger partial charge in [-0.2, -0.15) is 0 Å². The fourth-order valence-corrected chi connectivity index (χ4v) is 1.68. The third-order valence-electron chi connectivity index (χ3n) is 2.78. The molecule has 0 aromatic heterocycles. The summed E-state index contributed by atoms with van der Waals surface area (Å²) in [5, 5.41) is 11.7. The number of nitrogens with two attached hydrogens (primary N) is 1. The minimum Gasteiger partial charge on any atom is -0.480 e. The van der Waals surface area contributed by atoms with Gasteiger partial charge in [0.15, 0.2) is 0 Å². The molecule has 1 atom stereocenters. The summed E-state index contributed by atoms with van der Waals surface area (Å²) in [6.45, 7) is 3.38. The lowest BCUT2D eigenvalue weighted by Gasteiger charge is -2.25. The number of anilines is 1. The number of rotatable bonds is 5. The molecule has 0 spiro atoms. The summed E-state index contributed by atoms with van der Waals surface area (Å²) in [6.07, 6.45) is 1.05. The van der Waals surface area contributed by atoms with Crippen LogP contribution in [0.15, 0.2) is 24.3 Å². The van der Waals surface area contributed by atoms with E-state index < -0.39 is 17.4 Å². The first-order chi connectivity index (χ1) is 8.39. The minimum absolute atomic E-state index is 0.378. The molecule has 0 fully saturated rings. The number of aliphatic carboxylic acids is 1. The summed E-state index contributed by atoms with van der Waals surface area (Å²) in [5.74, 6) is -1.44. The van der Waals surface area contributed by atoms with E-state index in [0.29, 0.717) is 24.1 Å². The molecule has 4 N–H and O–H groups in total. The van der Waals surface area contributed by atoms with Crippen molar-refractivity contribution in [3.63, 3.8) is 0 Å². The molecule has 5 heteroatoms. The standard InChI is InChI=1S/C13H18N2O3/c1-3-8-13(2,12(17)18)15-11(16)9-4-6-10(14)7-5-9/h4-7H,3,8,14H2,1-2H3,(H,15,16)(H,17,18). The van der Waals surface area contributed by atoms with E-state index in [-0.39, 0.29) is 0 Å². The van der Waals surface area contributed by atoms with Crippen LogP contribution in [-0.4, -0.2) is 22.5 Å². The molecule has 1 aromatic carbocycles. The number of hydrogen-bond donors (Lipinski definition) is 3. The highest BCUT2D eigenvalue weighted by Crippen LogP contribution is 2.14. The zero-order valence-corrected chi connectivity index (χ0v) is 10.6. The van der Waals surface area contributed by atoms with Crippen LogP contribution in [0.5, 0.6) is 0 Å². The molecule has 18 heavy (non-hydrogen) atoms. The van der Waals surface area contributed by atoms with Gasteiger partial charge in [0.1, 0.15) is 5.54 Å². The Kier molecular flexibility index (Phi) is 4.31. The monoisotopic (exact) mass is 250 g/mol. The largest absolute Gasteiger partial charge is 0.480 e. The molecule has 1 rings (SSSR count). The number of nitrogen functional groups attached to an aromatic ring is 1. The first-order valence-electron chi connectivity index (χ1n) is 5.80. The molecular formula is C13H18N2O3. The third-order valence-corrected chi connectivity index (χ3v) is 2.78. The third kappa shape index (κ3) is 3.23. The molecule has 0 aliphatic rings. The Morgan fingerprint density at radius 1 is 1.33 bits per heavy atom. The average molecular weight is 250 g/mol. The van der Waals surface area contributed by atoms with Gasteiger partial charge in [0, 0.05) is 11.3 Å². The Morgan fingerprint density at radius 3 is 2.33 bits per heavy atom. The van der Waals surface area contributed by atoms with E-state index in [1.807, 2.05) is 6.92 Å². The van der Waals surface area contributed by atoms with Crippen molar-refractivity contribution in [1.82, 2.24) is 5.32 Å². The lowest BCUT2D eigenvalue weighted by atomic mass is 9.95. The molecule has 1 unspecified atom stereocenters. The molecule has 1 aromatic rings. The molecule has 0 aliphatic carbocycles. The maximum atomic E-state index is 11.9. The normalized spacial score (nSPS) is 13.7. The van der Waals surface area contributed by atoms with Crippen LogP contribution < -0.4 is 11.1 Å². The lowest BCUT2D eigenvalue weighted by molar-refractivity contribution is -0.144. The Morgan fingerprint density at radius 2 is 1.89 bits per heavy atom. The number of hydrogen-bond acceptors (Lipinski definition) is 3. The number of nitrogens with one attached hydrogen (secondary N) is 1. The van der Waals surface area contributed by atoms with Crippen molar-refractivity contribution in [1.29, 1.82) is 0 Å². The molecular weight excluding hydrogens is 232 g/mol. The van der Waals surface area contributed by atoms with Gasteiger partial charge in [-0.3, -0.25) is 4.79 Å². The Balaban J connectivity index is 2.85. The van der Waals surface area contributed by atoms with E-state index in [4.69, 9.17) is 10.8 Å². The molecule has 0 saturated carbocycles. The smallest absolute Gasteiger partial charge is 0.329 e. The first-order valence-corrected chi connectivity index (χ1v) is 5.80. The average Bonchev–Trinajstić information content (AvgIpc) is 2.29. The number of carbonyl (C=O) groups is 2. The summed E-state index contributed by atoms with van der Waals surface area (Å²) < 4.78 is 0. The van der Waals surface area contributed by atoms with Gasteiger partial charge in [-0.15, -0.1) is 0 Å². The van der Waals surface area contributed by atoms with Crippen molar-refractivity contribution in [2.24, 2.45) is 0 Å². The number of carbonyl (C=O) groups excluding carboxylic acids is 1. The summed E-state index contributed by atoms with van der Waals surface area (Å²) in [7, 11) is 0. The lowest BCUT2D eigenvalue weighted by Crippen LogP contribution is -2.52. The number of benzene rings is 1. The van der Waals surface area contributed by atoms with E-state index in [0.717, 1.165) is 0 Å². The van der Waals surface area contributed by atoms with Crippen molar-refractivity contribution in [2.45, 2.75) is 32.2 Å². The zero-order valence-electron chi connectivity index (χ0n) is 10.6. The van der Waals surface area contributed by atoms with Crippen LogP contribution in [0.3, 0.4) is 0 Å². The predicted molar refractivity (Wildman–Crippen MR) is 69.3 cm³/mol. The molecule has 5 nitrogen and oxygen atoms in total. The highest BCUT2D eigenvalue weighted by molar-refractivity contribution is 5.97. The SMILES string of the molecule is CCCC(C)(NC(=O)c1ccc(N)cc1)C(=O)O. The van der Waals surface area contributed by atoms with Gasteiger partial charge in [0.05, 0.1) is 0 Å². The van der Waals surface area contributed by atoms with Crippen molar-refractivity contribution < 1.29 is 14.7 Å². The van der Waals surface area contributed by atoms with E-state index in [2.05, 4.69) is 5.32 Å². The number of carboxylic acid groups (broad SMARTS) is 1. The molecule has 1 amide bonds. The van der Waals surface area contributed by atoms with Gasteiger partial charge >= 0.3 is 5.97 Å². The van der Waals surface area contributed by atoms with Crippen LogP contribution in [0.25, 0.3) is 0 Å². The van der Waals surface area contributed by atoms with Crippen LogP contribution in [0, 0.1) is 0 Å². The molecule has 0 bridgehead atoms. The van der Waals surface area contributed by atoms with Crippen LogP contribution in [0.4, 0.5) is 5.69 Å². The summed E-state index contributed by atoms with van der Waals surface area (Å²) in [4.78, 5) is 23.1. The second kappa shape index (κ2) is 5.53. The quantitative estimate of drug-likeness (QED) is 0.693. The topological polar surface area (TPSA) is 92.4 Å². The van der Waals surface area contributed by atoms with E-state index in [9.17, 15) is 9.59 Å². The number of amides is 1. The van der Waals surface area contributed by atoms with Gasteiger partial charge in [-0.05, 0) is 37.6 Å². The van der Waals surface area contributed by atoms with Crippen LogP contribution in [0.2, 0.25) is 0 Å². The van der Waals surface area contributed by atoms with E-state index >= 15 is 0 Å². The maximum Gasteiger partial charge on any atom is 0.329 e. The predicted octanol–water partition coefficient (Wildman–Crippen LogP) is 1.64. The van der Waals surface area contributed by atoms with Gasteiger partial charge in [-0.25, -0.2) is 4.79 Å². The Labute approximate surface area is 106 Å².